The van der Waals surface area contributed by atoms with Crippen LogP contribution in [0, 0.1) is 0 Å². The molecule has 1 atom stereocenters. The van der Waals surface area contributed by atoms with Crippen molar-refractivity contribution in [3.8, 4) is 11.5 Å². The maximum Gasteiger partial charge on any atom is 0.161 e. The van der Waals surface area contributed by atoms with E-state index in [0.29, 0.717) is 6.10 Å². The van der Waals surface area contributed by atoms with E-state index in [0.717, 1.165) is 30.2 Å². The van der Waals surface area contributed by atoms with E-state index in [1.54, 1.807) is 7.11 Å². The molecule has 0 bridgehead atoms. The maximum atomic E-state index is 6.16. The predicted octanol–water partition coefficient (Wildman–Crippen LogP) is 2.96. The smallest absolute Gasteiger partial charge is 0.161 e. The largest absolute Gasteiger partial charge is 0.493 e. The minimum Gasteiger partial charge on any atom is -0.493 e. The van der Waals surface area contributed by atoms with Crippen LogP contribution in [-0.2, 0) is 5.41 Å². The summed E-state index contributed by atoms with van der Waals surface area (Å²) < 4.78 is 11.6. The van der Waals surface area contributed by atoms with Crippen molar-refractivity contribution < 1.29 is 9.47 Å². The van der Waals surface area contributed by atoms with Gasteiger partial charge in [0.25, 0.3) is 0 Å². The molecule has 4 heteroatoms. The van der Waals surface area contributed by atoms with Gasteiger partial charge in [-0.05, 0) is 42.7 Å². The Morgan fingerprint density at radius 3 is 2.75 bits per heavy atom. The van der Waals surface area contributed by atoms with Crippen LogP contribution in [-0.4, -0.2) is 31.3 Å². The van der Waals surface area contributed by atoms with Crippen LogP contribution in [0.4, 0.5) is 0 Å². The molecule has 0 aromatic heterocycles. The summed E-state index contributed by atoms with van der Waals surface area (Å²) in [7, 11) is 1.70. The Morgan fingerprint density at radius 1 is 1.35 bits per heavy atom. The van der Waals surface area contributed by atoms with Crippen LogP contribution in [0.25, 0.3) is 0 Å². The summed E-state index contributed by atoms with van der Waals surface area (Å²) in [4.78, 5) is 0. The fourth-order valence-corrected chi connectivity index (χ4v) is 4.19. The Kier molecular flexibility index (Phi) is 4.13. The summed E-state index contributed by atoms with van der Waals surface area (Å²) in [6.45, 7) is 0.720. The van der Waals surface area contributed by atoms with Crippen LogP contribution < -0.4 is 15.2 Å². The molecule has 3 nitrogen and oxygen atoms in total. The Labute approximate surface area is 125 Å². The lowest BCUT2D eigenvalue weighted by molar-refractivity contribution is 0.214. The molecule has 110 valence electrons. The molecule has 1 saturated carbocycles. The molecule has 1 aromatic carbocycles. The van der Waals surface area contributed by atoms with Gasteiger partial charge in [-0.2, -0.15) is 11.8 Å². The summed E-state index contributed by atoms with van der Waals surface area (Å²) in [6, 6.07) is 6.34. The Hall–Kier alpha value is -0.870. The summed E-state index contributed by atoms with van der Waals surface area (Å²) in [6.07, 6.45) is 5.10. The van der Waals surface area contributed by atoms with Gasteiger partial charge in [-0.15, -0.1) is 0 Å². The zero-order chi connectivity index (χ0) is 14.0. The topological polar surface area (TPSA) is 44.5 Å². The van der Waals surface area contributed by atoms with Gasteiger partial charge in [0.2, 0.25) is 0 Å². The highest BCUT2D eigenvalue weighted by atomic mass is 32.2. The fraction of sp³-hybridized carbons (Fsp3) is 0.625. The van der Waals surface area contributed by atoms with E-state index < -0.39 is 0 Å². The third-order valence-corrected chi connectivity index (χ3v) is 5.79. The molecule has 1 heterocycles. The van der Waals surface area contributed by atoms with E-state index in [4.69, 9.17) is 15.2 Å². The molecule has 2 aliphatic rings. The first-order chi connectivity index (χ1) is 9.77. The van der Waals surface area contributed by atoms with Gasteiger partial charge in [0.05, 0.1) is 7.11 Å². The van der Waals surface area contributed by atoms with Gasteiger partial charge in [0.15, 0.2) is 11.5 Å². The van der Waals surface area contributed by atoms with Gasteiger partial charge in [-0.3, -0.25) is 0 Å². The van der Waals surface area contributed by atoms with E-state index in [-0.39, 0.29) is 5.41 Å². The molecular formula is C16H23NO2S. The van der Waals surface area contributed by atoms with Gasteiger partial charge < -0.3 is 15.2 Å². The normalized spacial score (nSPS) is 24.2. The zero-order valence-corrected chi connectivity index (χ0v) is 12.9. The second-order valence-corrected chi connectivity index (χ2v) is 6.96. The maximum absolute atomic E-state index is 6.16. The number of rotatable bonds is 5. The van der Waals surface area contributed by atoms with Crippen molar-refractivity contribution in [2.45, 2.75) is 37.2 Å². The third kappa shape index (κ3) is 2.51. The van der Waals surface area contributed by atoms with E-state index in [9.17, 15) is 0 Å². The summed E-state index contributed by atoms with van der Waals surface area (Å²) in [5.41, 5.74) is 7.50. The first-order valence-electron chi connectivity index (χ1n) is 7.40. The molecular weight excluding hydrogens is 270 g/mol. The van der Waals surface area contributed by atoms with Crippen molar-refractivity contribution >= 4 is 11.8 Å². The Balaban J connectivity index is 1.86. The molecule has 2 fully saturated rings. The molecule has 2 N–H and O–H groups in total. The molecule has 1 aromatic rings. The Morgan fingerprint density at radius 2 is 2.20 bits per heavy atom. The monoisotopic (exact) mass is 293 g/mol. The standard InChI is InChI=1S/C16H23NO2S/c1-18-14-4-3-12(16(11-17)6-2-7-16)9-15(14)19-13-5-8-20-10-13/h3-4,9,13H,2,5-8,10-11,17H2,1H3. The summed E-state index contributed by atoms with van der Waals surface area (Å²) in [5.74, 6) is 3.99. The number of ether oxygens (including phenoxy) is 2. The van der Waals surface area contributed by atoms with Gasteiger partial charge in [0.1, 0.15) is 6.10 Å². The number of thioether (sulfide) groups is 1. The van der Waals surface area contributed by atoms with Crippen LogP contribution in [0.3, 0.4) is 0 Å². The van der Waals surface area contributed by atoms with Gasteiger partial charge >= 0.3 is 0 Å². The van der Waals surface area contributed by atoms with Crippen molar-refractivity contribution in [1.82, 2.24) is 0 Å². The zero-order valence-electron chi connectivity index (χ0n) is 12.1. The molecule has 0 spiro atoms. The lowest BCUT2D eigenvalue weighted by atomic mass is 9.64. The lowest BCUT2D eigenvalue weighted by Crippen LogP contribution is -2.41. The number of hydrogen-bond acceptors (Lipinski definition) is 4. The van der Waals surface area contributed by atoms with Crippen LogP contribution in [0.2, 0.25) is 0 Å². The van der Waals surface area contributed by atoms with Crippen LogP contribution >= 0.6 is 11.8 Å². The van der Waals surface area contributed by atoms with Crippen LogP contribution in [0.1, 0.15) is 31.2 Å². The highest BCUT2D eigenvalue weighted by molar-refractivity contribution is 7.99. The molecule has 20 heavy (non-hydrogen) atoms. The second-order valence-electron chi connectivity index (χ2n) is 5.81. The number of hydrogen-bond donors (Lipinski definition) is 1. The van der Waals surface area contributed by atoms with Crippen molar-refractivity contribution in [2.24, 2.45) is 5.73 Å². The quantitative estimate of drug-likeness (QED) is 0.906. The highest BCUT2D eigenvalue weighted by Crippen LogP contribution is 2.45. The average Bonchev–Trinajstić information content (AvgIpc) is 2.91. The van der Waals surface area contributed by atoms with Crippen molar-refractivity contribution in [1.29, 1.82) is 0 Å². The number of nitrogens with two attached hydrogens (primary N) is 1. The number of methoxy groups -OCH3 is 1. The van der Waals surface area contributed by atoms with Crippen molar-refractivity contribution in [3.05, 3.63) is 23.8 Å². The minimum absolute atomic E-state index is 0.175. The molecule has 1 saturated heterocycles. The van der Waals surface area contributed by atoms with Crippen molar-refractivity contribution in [2.75, 3.05) is 25.2 Å². The molecule has 3 rings (SSSR count). The minimum atomic E-state index is 0.175. The van der Waals surface area contributed by atoms with Gasteiger partial charge in [-0.1, -0.05) is 12.5 Å². The van der Waals surface area contributed by atoms with Crippen molar-refractivity contribution in [3.63, 3.8) is 0 Å². The fourth-order valence-electron chi connectivity index (χ4n) is 3.10. The van der Waals surface area contributed by atoms with Gasteiger partial charge in [0, 0.05) is 17.7 Å². The molecule has 0 radical (unpaired) electrons. The second kappa shape index (κ2) is 5.86. The molecule has 1 unspecified atom stereocenters. The molecule has 0 amide bonds. The SMILES string of the molecule is COc1ccc(C2(CN)CCC2)cc1OC1CCSC1. The highest BCUT2D eigenvalue weighted by Gasteiger charge is 2.37. The van der Waals surface area contributed by atoms with E-state index in [1.807, 2.05) is 17.8 Å². The summed E-state index contributed by atoms with van der Waals surface area (Å²) >= 11 is 1.96. The molecule has 1 aliphatic carbocycles. The van der Waals surface area contributed by atoms with E-state index in [2.05, 4.69) is 12.1 Å². The average molecular weight is 293 g/mol. The Bertz CT molecular complexity index is 462. The van der Waals surface area contributed by atoms with Crippen LogP contribution in [0.5, 0.6) is 11.5 Å². The number of benzene rings is 1. The predicted molar refractivity (Wildman–Crippen MR) is 83.9 cm³/mol. The van der Waals surface area contributed by atoms with E-state index >= 15 is 0 Å². The first-order valence-corrected chi connectivity index (χ1v) is 8.56. The van der Waals surface area contributed by atoms with Crippen LogP contribution in [0.15, 0.2) is 18.2 Å². The first kappa shape index (κ1) is 14.1. The lowest BCUT2D eigenvalue weighted by Gasteiger charge is -2.41. The summed E-state index contributed by atoms with van der Waals surface area (Å²) in [5, 5.41) is 0. The third-order valence-electron chi connectivity index (χ3n) is 4.66. The molecule has 1 aliphatic heterocycles. The van der Waals surface area contributed by atoms with Gasteiger partial charge in [-0.25, -0.2) is 0 Å². The van der Waals surface area contributed by atoms with E-state index in [1.165, 1.54) is 30.6 Å².